The lowest BCUT2D eigenvalue weighted by atomic mass is 9.79. The Bertz CT molecular complexity index is 441. The van der Waals surface area contributed by atoms with Crippen molar-refractivity contribution in [3.63, 3.8) is 0 Å². The van der Waals surface area contributed by atoms with E-state index in [1.54, 1.807) is 7.11 Å². The lowest BCUT2D eigenvalue weighted by molar-refractivity contribution is -0.126. The van der Waals surface area contributed by atoms with E-state index < -0.39 is 5.60 Å². The molecule has 106 valence electrons. The van der Waals surface area contributed by atoms with Crippen molar-refractivity contribution < 1.29 is 19.3 Å². The average molecular weight is 268 g/mol. The average Bonchev–Trinajstić information content (AvgIpc) is 2.46. The van der Waals surface area contributed by atoms with Gasteiger partial charge in [0, 0.05) is 7.11 Å². The molecule has 1 fully saturated rings. The standard InChI is InChI=1S/C13H20N2O4/c1-17-9-6-4-5-7-13(9,16)11-12(19-3)15-10(18-2)8-14-11/h8-9,16H,4-7H2,1-3H3. The number of hydrogen-bond acceptors (Lipinski definition) is 6. The third-order valence-corrected chi connectivity index (χ3v) is 3.62. The monoisotopic (exact) mass is 268 g/mol. The molecule has 1 aliphatic carbocycles. The van der Waals surface area contributed by atoms with Gasteiger partial charge in [-0.05, 0) is 19.3 Å². The van der Waals surface area contributed by atoms with Crippen molar-refractivity contribution in [3.05, 3.63) is 11.9 Å². The Kier molecular flexibility index (Phi) is 4.21. The first-order chi connectivity index (χ1) is 9.15. The molecule has 1 aromatic rings. The third-order valence-electron chi connectivity index (χ3n) is 3.62. The maximum Gasteiger partial charge on any atom is 0.241 e. The molecule has 19 heavy (non-hydrogen) atoms. The first-order valence-corrected chi connectivity index (χ1v) is 6.36. The summed E-state index contributed by atoms with van der Waals surface area (Å²) < 4.78 is 15.7. The first-order valence-electron chi connectivity index (χ1n) is 6.36. The van der Waals surface area contributed by atoms with Gasteiger partial charge in [0.2, 0.25) is 11.8 Å². The lowest BCUT2D eigenvalue weighted by Gasteiger charge is -2.38. The van der Waals surface area contributed by atoms with Gasteiger partial charge in [-0.3, -0.25) is 0 Å². The minimum absolute atomic E-state index is 0.283. The summed E-state index contributed by atoms with van der Waals surface area (Å²) in [5.74, 6) is 0.639. The number of aliphatic hydroxyl groups is 1. The summed E-state index contributed by atoms with van der Waals surface area (Å²) >= 11 is 0. The lowest BCUT2D eigenvalue weighted by Crippen LogP contribution is -2.44. The van der Waals surface area contributed by atoms with Crippen LogP contribution in [-0.4, -0.2) is 42.5 Å². The summed E-state index contributed by atoms with van der Waals surface area (Å²) in [6.45, 7) is 0. The van der Waals surface area contributed by atoms with Gasteiger partial charge in [-0.2, -0.15) is 4.98 Å². The van der Waals surface area contributed by atoms with E-state index in [0.29, 0.717) is 18.0 Å². The molecule has 1 saturated carbocycles. The zero-order chi connectivity index (χ0) is 13.9. The van der Waals surface area contributed by atoms with Crippen LogP contribution in [0, 0.1) is 0 Å². The Morgan fingerprint density at radius 3 is 2.68 bits per heavy atom. The van der Waals surface area contributed by atoms with E-state index in [0.717, 1.165) is 19.3 Å². The van der Waals surface area contributed by atoms with E-state index in [2.05, 4.69) is 9.97 Å². The van der Waals surface area contributed by atoms with Crippen LogP contribution in [0.1, 0.15) is 31.4 Å². The summed E-state index contributed by atoms with van der Waals surface area (Å²) in [7, 11) is 4.61. The molecule has 0 saturated heterocycles. The van der Waals surface area contributed by atoms with Crippen molar-refractivity contribution in [2.24, 2.45) is 0 Å². The van der Waals surface area contributed by atoms with Crippen molar-refractivity contribution in [3.8, 4) is 11.8 Å². The molecule has 6 nitrogen and oxygen atoms in total. The molecule has 1 aliphatic rings. The maximum absolute atomic E-state index is 10.9. The fourth-order valence-corrected chi connectivity index (χ4v) is 2.60. The van der Waals surface area contributed by atoms with Gasteiger partial charge in [-0.25, -0.2) is 4.98 Å². The maximum atomic E-state index is 10.9. The van der Waals surface area contributed by atoms with Crippen molar-refractivity contribution >= 4 is 0 Å². The van der Waals surface area contributed by atoms with Gasteiger partial charge in [0.1, 0.15) is 11.3 Å². The van der Waals surface area contributed by atoms with Crippen LogP contribution in [0.25, 0.3) is 0 Å². The quantitative estimate of drug-likeness (QED) is 0.886. The van der Waals surface area contributed by atoms with Crippen molar-refractivity contribution in [1.82, 2.24) is 9.97 Å². The van der Waals surface area contributed by atoms with Crippen LogP contribution in [0.15, 0.2) is 6.20 Å². The predicted octanol–water partition coefficient (Wildman–Crippen LogP) is 1.27. The predicted molar refractivity (Wildman–Crippen MR) is 68.3 cm³/mol. The topological polar surface area (TPSA) is 73.7 Å². The van der Waals surface area contributed by atoms with E-state index in [9.17, 15) is 5.11 Å². The molecule has 0 aliphatic heterocycles. The number of ether oxygens (including phenoxy) is 3. The highest BCUT2D eigenvalue weighted by molar-refractivity contribution is 5.29. The van der Waals surface area contributed by atoms with Crippen LogP contribution in [0.3, 0.4) is 0 Å². The van der Waals surface area contributed by atoms with Crippen LogP contribution < -0.4 is 9.47 Å². The highest BCUT2D eigenvalue weighted by atomic mass is 16.5. The molecular formula is C13H20N2O4. The van der Waals surface area contributed by atoms with Crippen LogP contribution in [0.4, 0.5) is 0 Å². The summed E-state index contributed by atoms with van der Waals surface area (Å²) in [5, 5.41) is 10.9. The number of nitrogens with zero attached hydrogens (tertiary/aromatic N) is 2. The van der Waals surface area contributed by atoms with E-state index in [1.165, 1.54) is 20.4 Å². The van der Waals surface area contributed by atoms with Gasteiger partial charge < -0.3 is 19.3 Å². The van der Waals surface area contributed by atoms with Crippen molar-refractivity contribution in [2.45, 2.75) is 37.4 Å². The van der Waals surface area contributed by atoms with Crippen LogP contribution in [-0.2, 0) is 10.3 Å². The second-order valence-corrected chi connectivity index (χ2v) is 4.66. The molecule has 2 atom stereocenters. The zero-order valence-electron chi connectivity index (χ0n) is 11.5. The van der Waals surface area contributed by atoms with E-state index in [4.69, 9.17) is 14.2 Å². The molecule has 2 unspecified atom stereocenters. The molecule has 0 aromatic carbocycles. The number of hydrogen-bond donors (Lipinski definition) is 1. The van der Waals surface area contributed by atoms with Crippen molar-refractivity contribution in [2.75, 3.05) is 21.3 Å². The molecular weight excluding hydrogens is 248 g/mol. The molecule has 6 heteroatoms. The minimum Gasteiger partial charge on any atom is -0.480 e. The third kappa shape index (κ3) is 2.50. The van der Waals surface area contributed by atoms with Gasteiger partial charge >= 0.3 is 0 Å². The summed E-state index contributed by atoms with van der Waals surface area (Å²) in [4.78, 5) is 8.45. The van der Waals surface area contributed by atoms with E-state index in [1.807, 2.05) is 0 Å². The van der Waals surface area contributed by atoms with Crippen LogP contribution >= 0.6 is 0 Å². The SMILES string of the molecule is COc1cnc(C2(O)CCCCC2OC)c(OC)n1. The Labute approximate surface area is 112 Å². The fraction of sp³-hybridized carbons (Fsp3) is 0.692. The Balaban J connectivity index is 2.43. The highest BCUT2D eigenvalue weighted by Gasteiger charge is 2.44. The second-order valence-electron chi connectivity index (χ2n) is 4.66. The molecule has 1 N–H and O–H groups in total. The van der Waals surface area contributed by atoms with Gasteiger partial charge in [0.25, 0.3) is 0 Å². The Morgan fingerprint density at radius 1 is 1.26 bits per heavy atom. The summed E-state index contributed by atoms with van der Waals surface area (Å²) in [6.07, 6.45) is 4.53. The molecule has 1 aromatic heterocycles. The molecule has 1 heterocycles. The molecule has 2 rings (SSSR count). The number of rotatable bonds is 4. The fourth-order valence-electron chi connectivity index (χ4n) is 2.60. The molecule has 0 bridgehead atoms. The normalized spacial score (nSPS) is 27.1. The summed E-state index contributed by atoms with van der Waals surface area (Å²) in [6, 6.07) is 0. The van der Waals surface area contributed by atoms with Gasteiger partial charge in [-0.1, -0.05) is 6.42 Å². The van der Waals surface area contributed by atoms with E-state index in [-0.39, 0.29) is 12.0 Å². The van der Waals surface area contributed by atoms with Gasteiger partial charge in [0.05, 0.1) is 26.5 Å². The van der Waals surface area contributed by atoms with Crippen LogP contribution in [0.2, 0.25) is 0 Å². The minimum atomic E-state index is -1.16. The summed E-state index contributed by atoms with van der Waals surface area (Å²) in [5.41, 5.74) is -0.736. The molecule has 0 radical (unpaired) electrons. The Morgan fingerprint density at radius 2 is 2.05 bits per heavy atom. The Hall–Kier alpha value is -1.40. The molecule has 0 amide bonds. The largest absolute Gasteiger partial charge is 0.480 e. The first kappa shape index (κ1) is 14.0. The zero-order valence-corrected chi connectivity index (χ0v) is 11.5. The molecule has 0 spiro atoms. The van der Waals surface area contributed by atoms with E-state index >= 15 is 0 Å². The van der Waals surface area contributed by atoms with Gasteiger partial charge in [-0.15, -0.1) is 0 Å². The smallest absolute Gasteiger partial charge is 0.241 e. The van der Waals surface area contributed by atoms with Crippen LogP contribution in [0.5, 0.6) is 11.8 Å². The number of aromatic nitrogens is 2. The van der Waals surface area contributed by atoms with Gasteiger partial charge in [0.15, 0.2) is 0 Å². The number of methoxy groups -OCH3 is 3. The van der Waals surface area contributed by atoms with Crippen molar-refractivity contribution in [1.29, 1.82) is 0 Å². The highest BCUT2D eigenvalue weighted by Crippen LogP contribution is 2.41. The second kappa shape index (κ2) is 5.71.